The van der Waals surface area contributed by atoms with Crippen molar-refractivity contribution < 1.29 is 4.79 Å². The van der Waals surface area contributed by atoms with Crippen molar-refractivity contribution in [1.82, 2.24) is 15.3 Å². The van der Waals surface area contributed by atoms with Crippen LogP contribution in [-0.4, -0.2) is 48.1 Å². The molecule has 194 valence electrons. The number of hydrogen-bond donors (Lipinski definition) is 1. The van der Waals surface area contributed by atoms with Crippen molar-refractivity contribution in [2.75, 3.05) is 36.0 Å². The van der Waals surface area contributed by atoms with Gasteiger partial charge in [-0.15, -0.1) is 0 Å². The molecule has 1 aromatic heterocycles. The first kappa shape index (κ1) is 26.1. The number of nitrogens with zero attached hydrogens (tertiary/aromatic N) is 4. The van der Waals surface area contributed by atoms with Crippen LogP contribution in [0.5, 0.6) is 0 Å². The predicted molar refractivity (Wildman–Crippen MR) is 153 cm³/mol. The average Bonchev–Trinajstić information content (AvgIpc) is 2.92. The van der Waals surface area contributed by atoms with Crippen LogP contribution >= 0.6 is 35.0 Å². The zero-order valence-corrected chi connectivity index (χ0v) is 23.0. The lowest BCUT2D eigenvalue weighted by Gasteiger charge is -2.36. The Morgan fingerprint density at radius 2 is 1.68 bits per heavy atom. The molecule has 0 atom stereocenters. The minimum absolute atomic E-state index is 0.0111. The Morgan fingerprint density at radius 3 is 2.46 bits per heavy atom. The van der Waals surface area contributed by atoms with Crippen LogP contribution in [0.3, 0.4) is 0 Å². The lowest BCUT2D eigenvalue weighted by atomic mass is 9.95. The molecule has 2 aliphatic rings. The van der Waals surface area contributed by atoms with E-state index in [-0.39, 0.29) is 5.91 Å². The summed E-state index contributed by atoms with van der Waals surface area (Å²) >= 11 is 14.1. The van der Waals surface area contributed by atoms with E-state index in [0.29, 0.717) is 27.7 Å². The average molecular weight is 557 g/mol. The van der Waals surface area contributed by atoms with Crippen molar-refractivity contribution in [2.45, 2.75) is 49.1 Å². The number of carbonyl (C=O) groups excluding carboxylic acids is 1. The van der Waals surface area contributed by atoms with E-state index < -0.39 is 0 Å². The SMILES string of the molecule is O=C(NC1CCCCC1)c1cccc(CSc2nc(Cl)cc(N3CCN(c4cccc(Cl)c4)CC3)n2)c1. The van der Waals surface area contributed by atoms with Gasteiger partial charge in [-0.1, -0.05) is 72.4 Å². The number of thioether (sulfide) groups is 1. The number of piperazine rings is 1. The molecule has 5 rings (SSSR count). The van der Waals surface area contributed by atoms with Gasteiger partial charge in [0.15, 0.2) is 5.16 Å². The van der Waals surface area contributed by atoms with Gasteiger partial charge >= 0.3 is 0 Å². The van der Waals surface area contributed by atoms with Crippen LogP contribution in [0, 0.1) is 0 Å². The molecule has 6 nitrogen and oxygen atoms in total. The first-order valence-electron chi connectivity index (χ1n) is 12.9. The van der Waals surface area contributed by atoms with Crippen LogP contribution in [-0.2, 0) is 5.75 Å². The maximum Gasteiger partial charge on any atom is 0.251 e. The molecule has 2 heterocycles. The summed E-state index contributed by atoms with van der Waals surface area (Å²) < 4.78 is 0. The minimum Gasteiger partial charge on any atom is -0.368 e. The zero-order chi connectivity index (χ0) is 25.6. The number of aromatic nitrogens is 2. The second-order valence-corrected chi connectivity index (χ2v) is 11.3. The monoisotopic (exact) mass is 555 g/mol. The third-order valence-corrected chi connectivity index (χ3v) is 8.28. The van der Waals surface area contributed by atoms with Crippen molar-refractivity contribution in [1.29, 1.82) is 0 Å². The Morgan fingerprint density at radius 1 is 0.919 bits per heavy atom. The van der Waals surface area contributed by atoms with Gasteiger partial charge in [0.2, 0.25) is 0 Å². The van der Waals surface area contributed by atoms with Crippen molar-refractivity contribution in [3.05, 3.63) is 75.9 Å². The highest BCUT2D eigenvalue weighted by atomic mass is 35.5. The van der Waals surface area contributed by atoms with E-state index in [1.54, 1.807) is 0 Å². The zero-order valence-electron chi connectivity index (χ0n) is 20.7. The Labute approximate surface area is 232 Å². The largest absolute Gasteiger partial charge is 0.368 e. The van der Waals surface area contributed by atoms with Crippen molar-refractivity contribution in [3.63, 3.8) is 0 Å². The molecule has 0 bridgehead atoms. The summed E-state index contributed by atoms with van der Waals surface area (Å²) in [6.07, 6.45) is 5.81. The van der Waals surface area contributed by atoms with Crippen LogP contribution in [0.25, 0.3) is 0 Å². The molecule has 9 heteroatoms. The predicted octanol–water partition coefficient (Wildman–Crippen LogP) is 6.46. The lowest BCUT2D eigenvalue weighted by molar-refractivity contribution is 0.0927. The first-order chi connectivity index (χ1) is 18.0. The molecule has 0 spiro atoms. The second kappa shape index (κ2) is 12.4. The maximum atomic E-state index is 12.8. The second-order valence-electron chi connectivity index (χ2n) is 9.58. The van der Waals surface area contributed by atoms with E-state index >= 15 is 0 Å². The number of hydrogen-bond acceptors (Lipinski definition) is 6. The molecule has 37 heavy (non-hydrogen) atoms. The molecule has 0 radical (unpaired) electrons. The van der Waals surface area contributed by atoms with E-state index in [9.17, 15) is 4.79 Å². The molecule has 1 saturated carbocycles. The molecule has 1 aliphatic carbocycles. The number of anilines is 2. The van der Waals surface area contributed by atoms with Gasteiger partial charge in [-0.05, 0) is 48.7 Å². The van der Waals surface area contributed by atoms with E-state index in [2.05, 4.69) is 26.2 Å². The van der Waals surface area contributed by atoms with Crippen molar-refractivity contribution >= 4 is 52.4 Å². The fourth-order valence-electron chi connectivity index (χ4n) is 4.94. The Bertz CT molecular complexity index is 1230. The Hall–Kier alpha value is -2.48. The summed E-state index contributed by atoms with van der Waals surface area (Å²) in [5, 5.41) is 5.02. The van der Waals surface area contributed by atoms with Gasteiger partial charge in [-0.3, -0.25) is 4.79 Å². The van der Waals surface area contributed by atoms with Crippen LogP contribution in [0.2, 0.25) is 10.2 Å². The van der Waals surface area contributed by atoms with Crippen LogP contribution in [0.15, 0.2) is 59.8 Å². The van der Waals surface area contributed by atoms with Gasteiger partial charge < -0.3 is 15.1 Å². The molecule has 1 amide bonds. The van der Waals surface area contributed by atoms with Gasteiger partial charge in [-0.25, -0.2) is 9.97 Å². The molecule has 1 aliphatic heterocycles. The fraction of sp³-hybridized carbons (Fsp3) is 0.393. The lowest BCUT2D eigenvalue weighted by Crippen LogP contribution is -2.46. The van der Waals surface area contributed by atoms with Gasteiger partial charge in [0, 0.05) is 60.3 Å². The molecule has 3 aromatic rings. The summed E-state index contributed by atoms with van der Waals surface area (Å²) in [6.45, 7) is 3.42. The normalized spacial score (nSPS) is 16.6. The highest BCUT2D eigenvalue weighted by molar-refractivity contribution is 7.98. The van der Waals surface area contributed by atoms with E-state index in [1.165, 1.54) is 31.0 Å². The molecular weight excluding hydrogens is 525 g/mol. The number of carbonyl (C=O) groups is 1. The quantitative estimate of drug-likeness (QED) is 0.205. The number of rotatable bonds is 7. The van der Waals surface area contributed by atoms with E-state index in [4.69, 9.17) is 28.2 Å². The molecule has 2 fully saturated rings. The molecule has 0 unspecified atom stereocenters. The van der Waals surface area contributed by atoms with Gasteiger partial charge in [0.05, 0.1) is 0 Å². The highest BCUT2D eigenvalue weighted by Crippen LogP contribution is 2.27. The third kappa shape index (κ3) is 7.09. The summed E-state index contributed by atoms with van der Waals surface area (Å²) in [7, 11) is 0. The van der Waals surface area contributed by atoms with Crippen molar-refractivity contribution in [3.8, 4) is 0 Å². The van der Waals surface area contributed by atoms with Crippen LogP contribution in [0.1, 0.15) is 48.0 Å². The number of benzene rings is 2. The summed E-state index contributed by atoms with van der Waals surface area (Å²) in [4.78, 5) is 26.6. The Kier molecular flexibility index (Phi) is 8.74. The standard InChI is InChI=1S/C28H31Cl2N5OS/c29-22-8-5-11-24(17-22)34-12-14-35(15-13-34)26-18-25(30)32-28(33-26)37-19-20-6-4-7-21(16-20)27(36)31-23-9-2-1-3-10-23/h4-8,11,16-18,23H,1-3,9-10,12-15,19H2,(H,31,36). The van der Waals surface area contributed by atoms with Crippen LogP contribution < -0.4 is 15.1 Å². The Balaban J connectivity index is 1.19. The number of nitrogens with one attached hydrogen (secondary N) is 1. The van der Waals surface area contributed by atoms with Gasteiger partial charge in [-0.2, -0.15) is 0 Å². The van der Waals surface area contributed by atoms with Crippen molar-refractivity contribution in [2.24, 2.45) is 0 Å². The highest BCUT2D eigenvalue weighted by Gasteiger charge is 2.20. The molecule has 2 aromatic carbocycles. The summed E-state index contributed by atoms with van der Waals surface area (Å²) in [5.74, 6) is 1.51. The smallest absolute Gasteiger partial charge is 0.251 e. The van der Waals surface area contributed by atoms with E-state index in [1.807, 2.05) is 48.5 Å². The minimum atomic E-state index is 0.0111. The third-order valence-electron chi connectivity index (χ3n) is 6.94. The number of amides is 1. The van der Waals surface area contributed by atoms with Gasteiger partial charge in [0.1, 0.15) is 11.0 Å². The summed E-state index contributed by atoms with van der Waals surface area (Å²) in [5.41, 5.74) is 2.90. The van der Waals surface area contributed by atoms with Crippen LogP contribution in [0.4, 0.5) is 11.5 Å². The van der Waals surface area contributed by atoms with Gasteiger partial charge in [0.25, 0.3) is 5.91 Å². The topological polar surface area (TPSA) is 61.4 Å². The number of halogens is 2. The maximum absolute atomic E-state index is 12.8. The molecule has 1 N–H and O–H groups in total. The molecule has 1 saturated heterocycles. The molecular formula is C28H31Cl2N5OS. The first-order valence-corrected chi connectivity index (χ1v) is 14.6. The van der Waals surface area contributed by atoms with E-state index in [0.717, 1.165) is 61.1 Å². The summed E-state index contributed by atoms with van der Waals surface area (Å²) in [6, 6.07) is 17.9. The fourth-order valence-corrected chi connectivity index (χ4v) is 6.15.